The van der Waals surface area contributed by atoms with Crippen LogP contribution in [0.4, 0.5) is 0 Å². The van der Waals surface area contributed by atoms with Crippen LogP contribution in [-0.4, -0.2) is 0 Å². The molecular formula is C17H24S. The highest BCUT2D eigenvalue weighted by Crippen LogP contribution is 2.54. The highest BCUT2D eigenvalue weighted by molar-refractivity contribution is 8.03. The molecule has 1 aliphatic heterocycles. The molecule has 1 aromatic rings. The van der Waals surface area contributed by atoms with Crippen molar-refractivity contribution in [1.29, 1.82) is 0 Å². The molecule has 0 N–H and O–H groups in total. The predicted molar refractivity (Wildman–Crippen MR) is 83.7 cm³/mol. The number of fused-ring (bicyclic) bond motifs is 1. The number of hydrogen-bond donors (Lipinski definition) is 0. The van der Waals surface area contributed by atoms with Crippen molar-refractivity contribution in [2.45, 2.75) is 52.7 Å². The van der Waals surface area contributed by atoms with E-state index in [4.69, 9.17) is 0 Å². The lowest BCUT2D eigenvalue weighted by Crippen LogP contribution is -2.19. The van der Waals surface area contributed by atoms with Crippen LogP contribution in [0.1, 0.15) is 63.8 Å². The van der Waals surface area contributed by atoms with Gasteiger partial charge in [0.15, 0.2) is 0 Å². The van der Waals surface area contributed by atoms with Gasteiger partial charge in [-0.2, -0.15) is 0 Å². The van der Waals surface area contributed by atoms with Gasteiger partial charge in [-0.25, -0.2) is 0 Å². The average molecular weight is 260 g/mol. The molecule has 1 heterocycles. The molecule has 0 amide bonds. The maximum Gasteiger partial charge on any atom is 0.0395 e. The number of hydrogen-bond acceptors (Lipinski definition) is 1. The minimum atomic E-state index is 0.306. The van der Waals surface area contributed by atoms with Crippen molar-refractivity contribution >= 4 is 17.3 Å². The van der Waals surface area contributed by atoms with Gasteiger partial charge in [-0.15, -0.1) is 11.8 Å². The molecule has 1 aliphatic rings. The molecule has 2 rings (SSSR count). The van der Waals surface area contributed by atoms with Crippen molar-refractivity contribution in [3.05, 3.63) is 40.3 Å². The molecule has 1 heteroatoms. The summed E-state index contributed by atoms with van der Waals surface area (Å²) in [6.07, 6.45) is 2.30. The lowest BCUT2D eigenvalue weighted by atomic mass is 9.83. The lowest BCUT2D eigenvalue weighted by Gasteiger charge is -2.37. The first-order valence-corrected chi connectivity index (χ1v) is 7.85. The van der Waals surface area contributed by atoms with Gasteiger partial charge in [0.25, 0.3) is 0 Å². The molecule has 0 aromatic heterocycles. The Balaban J connectivity index is 2.59. The van der Waals surface area contributed by atoms with Gasteiger partial charge in [0.05, 0.1) is 0 Å². The second kappa shape index (κ2) is 5.13. The second-order valence-electron chi connectivity index (χ2n) is 6.06. The Morgan fingerprint density at radius 3 is 2.28 bits per heavy atom. The molecule has 18 heavy (non-hydrogen) atoms. The first-order chi connectivity index (χ1) is 8.49. The first kappa shape index (κ1) is 13.7. The summed E-state index contributed by atoms with van der Waals surface area (Å²) in [6, 6.07) is 8.99. The van der Waals surface area contributed by atoms with Gasteiger partial charge in [-0.3, -0.25) is 0 Å². The first-order valence-electron chi connectivity index (χ1n) is 6.97. The van der Waals surface area contributed by atoms with Crippen LogP contribution >= 0.6 is 11.8 Å². The van der Waals surface area contributed by atoms with Crippen LogP contribution in [0.15, 0.2) is 29.2 Å². The summed E-state index contributed by atoms with van der Waals surface area (Å²) in [5, 5.41) is 0.582. The van der Waals surface area contributed by atoms with Crippen molar-refractivity contribution in [3.63, 3.8) is 0 Å². The zero-order valence-corrected chi connectivity index (χ0v) is 13.0. The van der Waals surface area contributed by atoms with E-state index < -0.39 is 0 Å². The average Bonchev–Trinajstić information content (AvgIpc) is 2.35. The molecule has 0 aliphatic carbocycles. The molecule has 0 saturated heterocycles. The summed E-state index contributed by atoms with van der Waals surface area (Å²) in [5.74, 6) is 0. The summed E-state index contributed by atoms with van der Waals surface area (Å²) >= 11 is 2.09. The van der Waals surface area contributed by atoms with Gasteiger partial charge in [0.1, 0.15) is 0 Å². The van der Waals surface area contributed by atoms with Gasteiger partial charge in [-0.1, -0.05) is 58.9 Å². The smallest absolute Gasteiger partial charge is 0.0395 e. The predicted octanol–water partition coefficient (Wildman–Crippen LogP) is 6.05. The van der Waals surface area contributed by atoms with Gasteiger partial charge in [-0.05, 0) is 39.9 Å². The largest absolute Gasteiger partial charge is 0.122 e. The molecule has 1 atom stereocenters. The van der Waals surface area contributed by atoms with E-state index in [1.165, 1.54) is 11.1 Å². The third kappa shape index (κ3) is 2.38. The fourth-order valence-corrected chi connectivity index (χ4v) is 4.29. The van der Waals surface area contributed by atoms with E-state index in [1.54, 1.807) is 10.5 Å². The molecule has 0 fully saturated rings. The van der Waals surface area contributed by atoms with Gasteiger partial charge in [0.2, 0.25) is 0 Å². The molecule has 0 spiro atoms. The maximum absolute atomic E-state index is 2.35. The molecule has 0 radical (unpaired) electrons. The van der Waals surface area contributed by atoms with E-state index in [2.05, 4.69) is 70.6 Å². The topological polar surface area (TPSA) is 0 Å². The fourth-order valence-electron chi connectivity index (χ4n) is 2.76. The number of benzene rings is 1. The van der Waals surface area contributed by atoms with E-state index >= 15 is 0 Å². The molecule has 98 valence electrons. The summed E-state index contributed by atoms with van der Waals surface area (Å²) in [7, 11) is 0. The Morgan fingerprint density at radius 1 is 1.06 bits per heavy atom. The highest BCUT2D eigenvalue weighted by Gasteiger charge is 2.33. The van der Waals surface area contributed by atoms with Gasteiger partial charge in [0, 0.05) is 5.25 Å². The molecule has 0 nitrogen and oxygen atoms in total. The van der Waals surface area contributed by atoms with E-state index in [-0.39, 0.29) is 0 Å². The van der Waals surface area contributed by atoms with E-state index in [0.29, 0.717) is 10.7 Å². The monoisotopic (exact) mass is 260 g/mol. The molecular weight excluding hydrogens is 236 g/mol. The number of allylic oxidation sites excluding steroid dienone is 2. The van der Waals surface area contributed by atoms with Crippen LogP contribution in [0.25, 0.3) is 5.57 Å². The third-order valence-corrected chi connectivity index (χ3v) is 5.64. The standard InChI is InChI=1S/C17H24S/c1-6-12-13-10-8-9-11-14(13)16(17(3,4)5)18-15(12)7-2/h8-11,16H,6-7H2,1-5H3/t16-/m1/s1. The summed E-state index contributed by atoms with van der Waals surface area (Å²) in [6.45, 7) is 11.6. The SMILES string of the molecule is CCC1=C(CC)c2ccccc2[C@H](C(C)(C)C)S1. The number of thioether (sulfide) groups is 1. The van der Waals surface area contributed by atoms with Crippen LogP contribution < -0.4 is 0 Å². The Hall–Kier alpha value is -0.690. The maximum atomic E-state index is 2.35. The minimum absolute atomic E-state index is 0.306. The fraction of sp³-hybridized carbons (Fsp3) is 0.529. The minimum Gasteiger partial charge on any atom is -0.122 e. The van der Waals surface area contributed by atoms with Crippen molar-refractivity contribution < 1.29 is 0 Å². The van der Waals surface area contributed by atoms with Crippen LogP contribution in [0.5, 0.6) is 0 Å². The summed E-state index contributed by atoms with van der Waals surface area (Å²) in [4.78, 5) is 1.59. The van der Waals surface area contributed by atoms with E-state index in [0.717, 1.165) is 12.8 Å². The highest BCUT2D eigenvalue weighted by atomic mass is 32.2. The van der Waals surface area contributed by atoms with Crippen LogP contribution in [0.2, 0.25) is 0 Å². The van der Waals surface area contributed by atoms with E-state index in [9.17, 15) is 0 Å². The summed E-state index contributed by atoms with van der Waals surface area (Å²) in [5.41, 5.74) is 4.90. The Morgan fingerprint density at radius 2 is 1.72 bits per heavy atom. The van der Waals surface area contributed by atoms with Crippen molar-refractivity contribution in [1.82, 2.24) is 0 Å². The van der Waals surface area contributed by atoms with Crippen LogP contribution in [0.3, 0.4) is 0 Å². The van der Waals surface area contributed by atoms with Crippen LogP contribution in [-0.2, 0) is 0 Å². The molecule has 0 saturated carbocycles. The van der Waals surface area contributed by atoms with Crippen LogP contribution in [0, 0.1) is 5.41 Å². The van der Waals surface area contributed by atoms with Gasteiger partial charge >= 0.3 is 0 Å². The Bertz CT molecular complexity index is 463. The molecule has 0 bridgehead atoms. The normalized spacial score (nSPS) is 19.9. The zero-order chi connectivity index (χ0) is 13.3. The second-order valence-corrected chi connectivity index (χ2v) is 7.26. The molecule has 1 aromatic carbocycles. The van der Waals surface area contributed by atoms with E-state index in [1.807, 2.05) is 0 Å². The third-order valence-electron chi connectivity index (χ3n) is 3.63. The van der Waals surface area contributed by atoms with Gasteiger partial charge < -0.3 is 0 Å². The quantitative estimate of drug-likeness (QED) is 0.623. The van der Waals surface area contributed by atoms with Crippen molar-refractivity contribution in [2.75, 3.05) is 0 Å². The Labute approximate surface area is 116 Å². The lowest BCUT2D eigenvalue weighted by molar-refractivity contribution is 0.401. The van der Waals surface area contributed by atoms with Crippen molar-refractivity contribution in [2.24, 2.45) is 5.41 Å². The zero-order valence-electron chi connectivity index (χ0n) is 12.2. The molecule has 0 unspecified atom stereocenters. The Kier molecular flexibility index (Phi) is 3.91. The number of rotatable bonds is 2. The summed E-state index contributed by atoms with van der Waals surface area (Å²) < 4.78 is 0. The van der Waals surface area contributed by atoms with Crippen molar-refractivity contribution in [3.8, 4) is 0 Å².